The smallest absolute Gasteiger partial charge is 0.322 e. The Labute approximate surface area is 168 Å². The number of anilines is 1. The first-order chi connectivity index (χ1) is 13.7. The summed E-state index contributed by atoms with van der Waals surface area (Å²) in [5, 5.41) is 3.56. The highest BCUT2D eigenvalue weighted by atomic mass is 35.5. The van der Waals surface area contributed by atoms with Crippen LogP contribution >= 0.6 is 11.6 Å². The average molecular weight is 395 g/mol. The van der Waals surface area contributed by atoms with Gasteiger partial charge in [0.1, 0.15) is 0 Å². The van der Waals surface area contributed by atoms with Gasteiger partial charge in [-0.05, 0) is 47.5 Å². The van der Waals surface area contributed by atoms with Crippen LogP contribution in [0.25, 0.3) is 0 Å². The largest absolute Gasteiger partial charge is 0.454 e. The molecule has 0 saturated carbocycles. The first kappa shape index (κ1) is 18.2. The molecular formula is C22H19ClN2O3. The Morgan fingerprint density at radius 2 is 1.61 bits per heavy atom. The fraction of sp³-hybridized carbons (Fsp3) is 0.136. The van der Waals surface area contributed by atoms with E-state index in [1.165, 1.54) is 0 Å². The van der Waals surface area contributed by atoms with Crippen LogP contribution in [0, 0.1) is 0 Å². The van der Waals surface area contributed by atoms with Gasteiger partial charge >= 0.3 is 6.03 Å². The zero-order valence-electron chi connectivity index (χ0n) is 15.1. The molecule has 28 heavy (non-hydrogen) atoms. The van der Waals surface area contributed by atoms with E-state index in [0.29, 0.717) is 29.5 Å². The average Bonchev–Trinajstić information content (AvgIpc) is 3.18. The normalized spacial score (nSPS) is 11.9. The Kier molecular flexibility index (Phi) is 5.35. The summed E-state index contributed by atoms with van der Waals surface area (Å²) in [5.74, 6) is 1.43. The van der Waals surface area contributed by atoms with Gasteiger partial charge in [0.05, 0.1) is 0 Å². The summed E-state index contributed by atoms with van der Waals surface area (Å²) >= 11 is 5.93. The predicted octanol–water partition coefficient (Wildman–Crippen LogP) is 5.30. The number of nitrogens with zero attached hydrogens (tertiary/aromatic N) is 1. The second-order valence-electron chi connectivity index (χ2n) is 6.47. The molecule has 0 atom stereocenters. The van der Waals surface area contributed by atoms with Crippen LogP contribution < -0.4 is 14.8 Å². The van der Waals surface area contributed by atoms with Crippen molar-refractivity contribution in [3.05, 3.63) is 88.9 Å². The van der Waals surface area contributed by atoms with Crippen LogP contribution in [0.2, 0.25) is 5.02 Å². The van der Waals surface area contributed by atoms with E-state index in [1.54, 1.807) is 29.2 Å². The zero-order valence-corrected chi connectivity index (χ0v) is 15.9. The van der Waals surface area contributed by atoms with Crippen molar-refractivity contribution >= 4 is 23.3 Å². The summed E-state index contributed by atoms with van der Waals surface area (Å²) in [6.07, 6.45) is 0. The number of halogens is 1. The van der Waals surface area contributed by atoms with Gasteiger partial charge in [-0.15, -0.1) is 0 Å². The molecule has 4 rings (SSSR count). The van der Waals surface area contributed by atoms with Crippen LogP contribution in [0.5, 0.6) is 11.5 Å². The number of carbonyl (C=O) groups excluding carboxylic acids is 1. The van der Waals surface area contributed by atoms with Gasteiger partial charge in [0.25, 0.3) is 0 Å². The lowest BCUT2D eigenvalue weighted by Gasteiger charge is -2.23. The monoisotopic (exact) mass is 394 g/mol. The van der Waals surface area contributed by atoms with Crippen molar-refractivity contribution in [3.63, 3.8) is 0 Å². The molecule has 0 aromatic heterocycles. The van der Waals surface area contributed by atoms with Crippen molar-refractivity contribution in [2.24, 2.45) is 0 Å². The van der Waals surface area contributed by atoms with Crippen molar-refractivity contribution < 1.29 is 14.3 Å². The van der Waals surface area contributed by atoms with Gasteiger partial charge in [-0.3, -0.25) is 0 Å². The van der Waals surface area contributed by atoms with Crippen LogP contribution in [-0.2, 0) is 13.1 Å². The molecule has 2 amide bonds. The van der Waals surface area contributed by atoms with Crippen LogP contribution in [0.1, 0.15) is 11.1 Å². The molecule has 0 unspecified atom stereocenters. The van der Waals surface area contributed by atoms with E-state index in [1.807, 2.05) is 48.5 Å². The minimum Gasteiger partial charge on any atom is -0.454 e. The number of ether oxygens (including phenoxy) is 2. The number of urea groups is 1. The van der Waals surface area contributed by atoms with Gasteiger partial charge < -0.3 is 19.7 Å². The Bertz CT molecular complexity index is 961. The SMILES string of the molecule is O=C(Nc1ccc(Cl)cc1)N(Cc1ccccc1)Cc1ccc2c(c1)OCO2. The Morgan fingerprint density at radius 1 is 0.893 bits per heavy atom. The van der Waals surface area contributed by atoms with Crippen LogP contribution in [0.4, 0.5) is 10.5 Å². The first-order valence-corrected chi connectivity index (χ1v) is 9.29. The van der Waals surface area contributed by atoms with Crippen molar-refractivity contribution in [2.45, 2.75) is 13.1 Å². The molecule has 0 radical (unpaired) electrons. The van der Waals surface area contributed by atoms with E-state index in [-0.39, 0.29) is 12.8 Å². The number of fused-ring (bicyclic) bond motifs is 1. The lowest BCUT2D eigenvalue weighted by Crippen LogP contribution is -2.34. The molecule has 3 aromatic rings. The molecule has 5 nitrogen and oxygen atoms in total. The third-order valence-electron chi connectivity index (χ3n) is 4.41. The Morgan fingerprint density at radius 3 is 2.39 bits per heavy atom. The maximum Gasteiger partial charge on any atom is 0.322 e. The summed E-state index contributed by atoms with van der Waals surface area (Å²) in [6, 6.07) is 22.5. The second kappa shape index (κ2) is 8.23. The van der Waals surface area contributed by atoms with Gasteiger partial charge in [0.15, 0.2) is 11.5 Å². The quantitative estimate of drug-likeness (QED) is 0.638. The molecule has 1 N–H and O–H groups in total. The highest BCUT2D eigenvalue weighted by Gasteiger charge is 2.18. The highest BCUT2D eigenvalue weighted by molar-refractivity contribution is 6.30. The van der Waals surface area contributed by atoms with E-state index in [2.05, 4.69) is 5.32 Å². The summed E-state index contributed by atoms with van der Waals surface area (Å²) in [7, 11) is 0. The zero-order chi connectivity index (χ0) is 19.3. The number of rotatable bonds is 5. The third kappa shape index (κ3) is 4.38. The standard InChI is InChI=1S/C22H19ClN2O3/c23-18-7-9-19(10-8-18)24-22(26)25(13-16-4-2-1-3-5-16)14-17-6-11-20-21(12-17)28-15-27-20/h1-12H,13-15H2,(H,24,26). The van der Waals surface area contributed by atoms with E-state index >= 15 is 0 Å². The summed E-state index contributed by atoms with van der Waals surface area (Å²) in [5.41, 5.74) is 2.71. The van der Waals surface area contributed by atoms with E-state index in [0.717, 1.165) is 16.9 Å². The third-order valence-corrected chi connectivity index (χ3v) is 4.66. The lowest BCUT2D eigenvalue weighted by molar-refractivity contribution is 0.174. The van der Waals surface area contributed by atoms with Crippen molar-refractivity contribution in [1.82, 2.24) is 4.90 Å². The number of hydrogen-bond acceptors (Lipinski definition) is 3. The Balaban J connectivity index is 1.54. The van der Waals surface area contributed by atoms with Crippen LogP contribution in [-0.4, -0.2) is 17.7 Å². The predicted molar refractivity (Wildman–Crippen MR) is 109 cm³/mol. The topological polar surface area (TPSA) is 50.8 Å². The molecule has 0 spiro atoms. The van der Waals surface area contributed by atoms with E-state index in [9.17, 15) is 4.79 Å². The number of benzene rings is 3. The van der Waals surface area contributed by atoms with Gasteiger partial charge in [-0.1, -0.05) is 48.0 Å². The minimum atomic E-state index is -0.191. The van der Waals surface area contributed by atoms with Crippen molar-refractivity contribution in [1.29, 1.82) is 0 Å². The fourth-order valence-corrected chi connectivity index (χ4v) is 3.12. The van der Waals surface area contributed by atoms with Gasteiger partial charge in [-0.2, -0.15) is 0 Å². The molecular weight excluding hydrogens is 376 g/mol. The molecule has 1 aliphatic rings. The van der Waals surface area contributed by atoms with Gasteiger partial charge in [0.2, 0.25) is 6.79 Å². The summed E-state index contributed by atoms with van der Waals surface area (Å²) in [4.78, 5) is 14.7. The molecule has 6 heteroatoms. The van der Waals surface area contributed by atoms with E-state index < -0.39 is 0 Å². The summed E-state index contributed by atoms with van der Waals surface area (Å²) in [6.45, 7) is 1.14. The molecule has 0 aliphatic carbocycles. The molecule has 0 bridgehead atoms. The lowest BCUT2D eigenvalue weighted by atomic mass is 10.1. The number of hydrogen-bond donors (Lipinski definition) is 1. The molecule has 0 saturated heterocycles. The summed E-state index contributed by atoms with van der Waals surface area (Å²) < 4.78 is 10.8. The molecule has 1 aliphatic heterocycles. The van der Waals surface area contributed by atoms with Gasteiger partial charge in [0, 0.05) is 23.8 Å². The van der Waals surface area contributed by atoms with Crippen molar-refractivity contribution in [2.75, 3.05) is 12.1 Å². The molecule has 3 aromatic carbocycles. The number of carbonyl (C=O) groups is 1. The maximum absolute atomic E-state index is 13.0. The number of nitrogens with one attached hydrogen (secondary N) is 1. The maximum atomic E-state index is 13.0. The fourth-order valence-electron chi connectivity index (χ4n) is 3.00. The second-order valence-corrected chi connectivity index (χ2v) is 6.90. The molecule has 142 valence electrons. The first-order valence-electron chi connectivity index (χ1n) is 8.91. The highest BCUT2D eigenvalue weighted by Crippen LogP contribution is 2.33. The Hall–Kier alpha value is -3.18. The van der Waals surface area contributed by atoms with Crippen molar-refractivity contribution in [3.8, 4) is 11.5 Å². The minimum absolute atomic E-state index is 0.191. The van der Waals surface area contributed by atoms with Crippen LogP contribution in [0.15, 0.2) is 72.8 Å². The van der Waals surface area contributed by atoms with Gasteiger partial charge in [-0.25, -0.2) is 4.79 Å². The van der Waals surface area contributed by atoms with E-state index in [4.69, 9.17) is 21.1 Å². The number of amides is 2. The molecule has 0 fully saturated rings. The van der Waals surface area contributed by atoms with Crippen LogP contribution in [0.3, 0.4) is 0 Å². The molecule has 1 heterocycles.